The summed E-state index contributed by atoms with van der Waals surface area (Å²) in [5.74, 6) is 0.908. The van der Waals surface area contributed by atoms with E-state index in [0.29, 0.717) is 5.69 Å². The molecule has 0 unspecified atom stereocenters. The first-order valence-corrected chi connectivity index (χ1v) is 10.5. The van der Waals surface area contributed by atoms with Crippen LogP contribution in [-0.2, 0) is 13.5 Å². The maximum Gasteiger partial charge on any atom is 0.272 e. The number of rotatable bonds is 6. The van der Waals surface area contributed by atoms with Gasteiger partial charge in [0.15, 0.2) is 0 Å². The van der Waals surface area contributed by atoms with E-state index >= 15 is 0 Å². The Morgan fingerprint density at radius 1 is 1.30 bits per heavy atom. The second-order valence-corrected chi connectivity index (χ2v) is 8.01. The minimum atomic E-state index is 0.0330. The summed E-state index contributed by atoms with van der Waals surface area (Å²) >= 11 is 0. The van der Waals surface area contributed by atoms with Crippen molar-refractivity contribution in [1.29, 1.82) is 0 Å². The third kappa shape index (κ3) is 4.25. The third-order valence-corrected chi connectivity index (χ3v) is 5.89. The lowest BCUT2D eigenvalue weighted by Crippen LogP contribution is -2.44. The number of H-pyrrole nitrogens is 1. The molecule has 0 saturated carbocycles. The van der Waals surface area contributed by atoms with Gasteiger partial charge in [0, 0.05) is 31.4 Å². The monoisotopic (exact) mass is 407 g/mol. The van der Waals surface area contributed by atoms with Crippen molar-refractivity contribution >= 4 is 5.91 Å². The molecule has 4 rings (SSSR count). The van der Waals surface area contributed by atoms with Crippen LogP contribution in [-0.4, -0.2) is 50.5 Å². The van der Waals surface area contributed by atoms with E-state index in [1.54, 1.807) is 11.8 Å². The predicted octanol–water partition coefficient (Wildman–Crippen LogP) is 3.75. The molecule has 0 aliphatic carbocycles. The maximum atomic E-state index is 13.3. The number of ether oxygens (including phenoxy) is 1. The lowest BCUT2D eigenvalue weighted by atomic mass is 9.95. The van der Waals surface area contributed by atoms with E-state index in [0.717, 1.165) is 61.3 Å². The van der Waals surface area contributed by atoms with Crippen molar-refractivity contribution in [3.8, 4) is 17.0 Å². The summed E-state index contributed by atoms with van der Waals surface area (Å²) in [5.41, 5.74) is 4.39. The van der Waals surface area contributed by atoms with Gasteiger partial charge < -0.3 is 9.64 Å². The number of methoxy groups -OCH3 is 1. The van der Waals surface area contributed by atoms with Gasteiger partial charge in [0.1, 0.15) is 11.4 Å². The maximum absolute atomic E-state index is 13.3. The molecule has 0 spiro atoms. The Kier molecular flexibility index (Phi) is 5.88. The number of piperidine rings is 1. The van der Waals surface area contributed by atoms with E-state index in [2.05, 4.69) is 27.4 Å². The van der Waals surface area contributed by atoms with Gasteiger partial charge in [0.25, 0.3) is 5.91 Å². The highest BCUT2D eigenvalue weighted by molar-refractivity contribution is 5.93. The summed E-state index contributed by atoms with van der Waals surface area (Å²) in [6, 6.07) is 10.3. The molecule has 0 radical (unpaired) electrons. The van der Waals surface area contributed by atoms with Crippen molar-refractivity contribution in [1.82, 2.24) is 24.9 Å². The highest BCUT2D eigenvalue weighted by atomic mass is 16.5. The molecule has 1 saturated heterocycles. The van der Waals surface area contributed by atoms with Crippen LogP contribution < -0.4 is 4.74 Å². The Bertz CT molecular complexity index is 1020. The molecule has 0 bridgehead atoms. The molecule has 7 nitrogen and oxygen atoms in total. The average molecular weight is 408 g/mol. The van der Waals surface area contributed by atoms with Crippen molar-refractivity contribution in [2.24, 2.45) is 7.05 Å². The van der Waals surface area contributed by atoms with Crippen molar-refractivity contribution < 1.29 is 9.53 Å². The van der Waals surface area contributed by atoms with E-state index in [-0.39, 0.29) is 11.9 Å². The van der Waals surface area contributed by atoms with Crippen LogP contribution in [0, 0.1) is 6.92 Å². The molecule has 1 atom stereocenters. The Morgan fingerprint density at radius 2 is 2.17 bits per heavy atom. The Labute approximate surface area is 177 Å². The summed E-state index contributed by atoms with van der Waals surface area (Å²) in [7, 11) is 3.57. The molecule has 7 heteroatoms. The van der Waals surface area contributed by atoms with Crippen LogP contribution in [0.1, 0.15) is 47.4 Å². The minimum absolute atomic E-state index is 0.0330. The number of likely N-dealkylation sites (tertiary alicyclic amines) is 1. The lowest BCUT2D eigenvalue weighted by molar-refractivity contribution is 0.0596. The van der Waals surface area contributed by atoms with Crippen LogP contribution in [0.5, 0.6) is 5.75 Å². The van der Waals surface area contributed by atoms with Gasteiger partial charge in [0.05, 0.1) is 18.5 Å². The Balaban J connectivity index is 1.47. The Morgan fingerprint density at radius 3 is 2.93 bits per heavy atom. The van der Waals surface area contributed by atoms with Crippen molar-refractivity contribution in [3.63, 3.8) is 0 Å². The fourth-order valence-electron chi connectivity index (χ4n) is 4.30. The van der Waals surface area contributed by atoms with E-state index in [1.807, 2.05) is 43.3 Å². The Hall–Kier alpha value is -3.09. The quantitative estimate of drug-likeness (QED) is 0.675. The smallest absolute Gasteiger partial charge is 0.272 e. The van der Waals surface area contributed by atoms with Gasteiger partial charge in [0.2, 0.25) is 0 Å². The first-order chi connectivity index (χ1) is 14.5. The summed E-state index contributed by atoms with van der Waals surface area (Å²) in [6.07, 6.45) is 7.05. The van der Waals surface area contributed by atoms with Gasteiger partial charge in [-0.1, -0.05) is 12.1 Å². The zero-order valence-corrected chi connectivity index (χ0v) is 17.9. The number of aromatic nitrogens is 4. The number of carbonyl (C=O) groups is 1. The molecule has 30 heavy (non-hydrogen) atoms. The highest BCUT2D eigenvalue weighted by Gasteiger charge is 2.28. The molecule has 3 aromatic rings. The number of aromatic amines is 1. The van der Waals surface area contributed by atoms with Gasteiger partial charge >= 0.3 is 0 Å². The molecular formula is C23H29N5O2. The number of hydrogen-bond donors (Lipinski definition) is 1. The topological polar surface area (TPSA) is 76.0 Å². The molecule has 1 N–H and O–H groups in total. The molecule has 158 valence electrons. The van der Waals surface area contributed by atoms with E-state index in [4.69, 9.17) is 4.74 Å². The molecule has 3 heterocycles. The second kappa shape index (κ2) is 8.73. The van der Waals surface area contributed by atoms with E-state index in [9.17, 15) is 4.79 Å². The van der Waals surface area contributed by atoms with Crippen LogP contribution in [0.3, 0.4) is 0 Å². The molecule has 1 fully saturated rings. The van der Waals surface area contributed by atoms with Crippen LogP contribution in [0.4, 0.5) is 0 Å². The summed E-state index contributed by atoms with van der Waals surface area (Å²) in [5, 5.41) is 11.7. The zero-order chi connectivity index (χ0) is 21.1. The van der Waals surface area contributed by atoms with Crippen molar-refractivity contribution in [3.05, 3.63) is 53.5 Å². The number of carbonyl (C=O) groups excluding carboxylic acids is 1. The highest BCUT2D eigenvalue weighted by Crippen LogP contribution is 2.26. The van der Waals surface area contributed by atoms with Gasteiger partial charge in [-0.05, 0) is 62.8 Å². The molecule has 1 aromatic carbocycles. The van der Waals surface area contributed by atoms with E-state index < -0.39 is 0 Å². The summed E-state index contributed by atoms with van der Waals surface area (Å²) in [4.78, 5) is 15.3. The molecule has 1 amide bonds. The second-order valence-electron chi connectivity index (χ2n) is 8.01. The summed E-state index contributed by atoms with van der Waals surface area (Å²) < 4.78 is 7.09. The van der Waals surface area contributed by atoms with E-state index in [1.165, 1.54) is 5.56 Å². The lowest BCUT2D eigenvalue weighted by Gasteiger charge is -2.35. The van der Waals surface area contributed by atoms with Gasteiger partial charge in [-0.2, -0.15) is 10.2 Å². The fraction of sp³-hybridized carbons (Fsp3) is 0.435. The van der Waals surface area contributed by atoms with Crippen LogP contribution >= 0.6 is 0 Å². The molecular weight excluding hydrogens is 378 g/mol. The largest absolute Gasteiger partial charge is 0.497 e. The van der Waals surface area contributed by atoms with Crippen LogP contribution in [0.15, 0.2) is 36.5 Å². The average Bonchev–Trinajstić information content (AvgIpc) is 3.38. The number of hydrogen-bond acceptors (Lipinski definition) is 4. The number of nitrogens with one attached hydrogen (secondary N) is 1. The fourth-order valence-corrected chi connectivity index (χ4v) is 4.30. The predicted molar refractivity (Wildman–Crippen MR) is 116 cm³/mol. The van der Waals surface area contributed by atoms with Crippen molar-refractivity contribution in [2.75, 3.05) is 13.7 Å². The number of nitrogens with zero attached hydrogens (tertiary/aromatic N) is 4. The van der Waals surface area contributed by atoms with Crippen molar-refractivity contribution in [2.45, 2.75) is 45.1 Å². The van der Waals surface area contributed by atoms with Gasteiger partial charge in [-0.3, -0.25) is 14.6 Å². The van der Waals surface area contributed by atoms with Gasteiger partial charge in [-0.15, -0.1) is 0 Å². The zero-order valence-electron chi connectivity index (χ0n) is 17.9. The van der Waals surface area contributed by atoms with Crippen LogP contribution in [0.2, 0.25) is 0 Å². The normalized spacial score (nSPS) is 16.6. The minimum Gasteiger partial charge on any atom is -0.497 e. The standard InChI is InChI=1S/C23H29N5O2/c1-16-20(15-27(2)26-16)21-14-22(25-24-21)23(29)28-12-5-4-8-18(28)11-10-17-7-6-9-19(13-17)30-3/h6-7,9,13-15,18H,4-5,8,10-12H2,1-3H3,(H,24,25)/t18-/m0/s1. The number of aryl methyl sites for hydroxylation is 3. The SMILES string of the molecule is COc1cccc(CC[C@@H]2CCCCN2C(=O)c2cc(-c3cn(C)nc3C)n[nH]2)c1. The first kappa shape index (κ1) is 20.2. The molecule has 2 aromatic heterocycles. The molecule has 1 aliphatic heterocycles. The first-order valence-electron chi connectivity index (χ1n) is 10.5. The third-order valence-electron chi connectivity index (χ3n) is 5.89. The number of benzene rings is 1. The molecule has 1 aliphatic rings. The van der Waals surface area contributed by atoms with Gasteiger partial charge in [-0.25, -0.2) is 0 Å². The summed E-state index contributed by atoms with van der Waals surface area (Å²) in [6.45, 7) is 2.74. The van der Waals surface area contributed by atoms with Crippen LogP contribution in [0.25, 0.3) is 11.3 Å². The number of amides is 1.